The van der Waals surface area contributed by atoms with E-state index in [2.05, 4.69) is 17.4 Å². The van der Waals surface area contributed by atoms with Gasteiger partial charge in [0.25, 0.3) is 0 Å². The second-order valence-electron chi connectivity index (χ2n) is 5.57. The molecule has 1 aromatic carbocycles. The van der Waals surface area contributed by atoms with Crippen LogP contribution in [-0.4, -0.2) is 32.9 Å². The first-order chi connectivity index (χ1) is 9.83. The molecule has 0 aromatic heterocycles. The van der Waals surface area contributed by atoms with E-state index < -0.39 is 0 Å². The van der Waals surface area contributed by atoms with Gasteiger partial charge in [0.1, 0.15) is 5.75 Å². The molecule has 1 aromatic rings. The maximum absolute atomic E-state index is 5.68. The summed E-state index contributed by atoms with van der Waals surface area (Å²) in [4.78, 5) is 0. The van der Waals surface area contributed by atoms with E-state index in [-0.39, 0.29) is 0 Å². The van der Waals surface area contributed by atoms with Crippen LogP contribution < -0.4 is 10.1 Å². The average molecular weight is 277 g/mol. The summed E-state index contributed by atoms with van der Waals surface area (Å²) < 4.78 is 11.1. The van der Waals surface area contributed by atoms with Gasteiger partial charge in [-0.3, -0.25) is 0 Å². The molecule has 0 aliphatic carbocycles. The van der Waals surface area contributed by atoms with Gasteiger partial charge in [0.05, 0.1) is 13.2 Å². The van der Waals surface area contributed by atoms with Gasteiger partial charge in [-0.2, -0.15) is 0 Å². The van der Waals surface area contributed by atoms with Gasteiger partial charge < -0.3 is 14.8 Å². The summed E-state index contributed by atoms with van der Waals surface area (Å²) in [5.41, 5.74) is 1.28. The number of nitrogens with one attached hydrogen (secondary N) is 1. The fourth-order valence-corrected chi connectivity index (χ4v) is 2.95. The van der Waals surface area contributed by atoms with Crippen LogP contribution in [0.3, 0.4) is 0 Å². The number of para-hydroxylation sites is 1. The third-order valence-corrected chi connectivity index (χ3v) is 4.17. The van der Waals surface area contributed by atoms with E-state index in [4.69, 9.17) is 9.47 Å². The molecule has 3 nitrogen and oxygen atoms in total. The number of ether oxygens (including phenoxy) is 2. The van der Waals surface area contributed by atoms with Crippen molar-refractivity contribution in [2.24, 2.45) is 0 Å². The lowest BCUT2D eigenvalue weighted by molar-refractivity contribution is 0.101. The monoisotopic (exact) mass is 277 g/mol. The number of hydrogen-bond acceptors (Lipinski definition) is 3. The zero-order valence-corrected chi connectivity index (χ0v) is 12.7. The van der Waals surface area contributed by atoms with Gasteiger partial charge in [0.2, 0.25) is 0 Å². The van der Waals surface area contributed by atoms with E-state index in [9.17, 15) is 0 Å². The minimum absolute atomic E-state index is 0.507. The molecule has 1 N–H and O–H groups in total. The molecule has 112 valence electrons. The first-order valence-corrected chi connectivity index (χ1v) is 7.74. The number of benzene rings is 1. The summed E-state index contributed by atoms with van der Waals surface area (Å²) in [6.45, 7) is 0.960. The maximum atomic E-state index is 5.68. The van der Waals surface area contributed by atoms with E-state index in [1.165, 1.54) is 37.7 Å². The second kappa shape index (κ2) is 8.28. The number of methoxy groups -OCH3 is 1. The van der Waals surface area contributed by atoms with Crippen molar-refractivity contribution >= 4 is 0 Å². The average Bonchev–Trinajstić information content (AvgIpc) is 3.00. The third kappa shape index (κ3) is 4.50. The Balaban J connectivity index is 1.79. The van der Waals surface area contributed by atoms with Crippen molar-refractivity contribution in [2.75, 3.05) is 20.8 Å². The summed E-state index contributed by atoms with van der Waals surface area (Å²) in [6.07, 6.45) is 7.63. The van der Waals surface area contributed by atoms with Crippen LogP contribution in [0, 0.1) is 0 Å². The van der Waals surface area contributed by atoms with E-state index in [0.717, 1.165) is 18.8 Å². The van der Waals surface area contributed by atoms with Gasteiger partial charge >= 0.3 is 0 Å². The molecule has 2 rings (SSSR count). The van der Waals surface area contributed by atoms with E-state index >= 15 is 0 Å². The summed E-state index contributed by atoms with van der Waals surface area (Å²) in [5.74, 6) is 0.992. The van der Waals surface area contributed by atoms with Gasteiger partial charge in [0, 0.05) is 12.6 Å². The summed E-state index contributed by atoms with van der Waals surface area (Å²) in [6, 6.07) is 8.80. The second-order valence-corrected chi connectivity index (χ2v) is 5.57. The molecular weight excluding hydrogens is 250 g/mol. The van der Waals surface area contributed by atoms with E-state index in [1.54, 1.807) is 7.11 Å². The minimum Gasteiger partial charge on any atom is -0.496 e. The Morgan fingerprint density at radius 3 is 2.95 bits per heavy atom. The van der Waals surface area contributed by atoms with Crippen molar-refractivity contribution in [3.8, 4) is 5.75 Å². The molecule has 0 radical (unpaired) electrons. The topological polar surface area (TPSA) is 30.5 Å². The van der Waals surface area contributed by atoms with E-state index in [0.29, 0.717) is 12.1 Å². The third-order valence-electron chi connectivity index (χ3n) is 4.17. The summed E-state index contributed by atoms with van der Waals surface area (Å²) in [7, 11) is 3.79. The van der Waals surface area contributed by atoms with Gasteiger partial charge in [-0.05, 0) is 57.2 Å². The lowest BCUT2D eigenvalue weighted by Crippen LogP contribution is -2.28. The van der Waals surface area contributed by atoms with Gasteiger partial charge in [0.15, 0.2) is 0 Å². The van der Waals surface area contributed by atoms with Crippen molar-refractivity contribution in [2.45, 2.75) is 50.7 Å². The first-order valence-electron chi connectivity index (χ1n) is 7.74. The molecule has 1 fully saturated rings. The summed E-state index contributed by atoms with van der Waals surface area (Å²) in [5, 5.41) is 3.43. The number of rotatable bonds is 8. The van der Waals surface area contributed by atoms with Crippen LogP contribution in [0.5, 0.6) is 5.75 Å². The molecule has 0 saturated carbocycles. The van der Waals surface area contributed by atoms with Crippen LogP contribution in [0.1, 0.15) is 37.7 Å². The van der Waals surface area contributed by atoms with E-state index in [1.807, 2.05) is 19.2 Å². The molecule has 0 bridgehead atoms. The highest BCUT2D eigenvalue weighted by molar-refractivity contribution is 5.33. The lowest BCUT2D eigenvalue weighted by Gasteiger charge is -2.18. The quantitative estimate of drug-likeness (QED) is 0.791. The Labute approximate surface area is 122 Å². The zero-order valence-electron chi connectivity index (χ0n) is 12.7. The highest BCUT2D eigenvalue weighted by atomic mass is 16.5. The Hall–Kier alpha value is -1.06. The highest BCUT2D eigenvalue weighted by Crippen LogP contribution is 2.22. The molecule has 3 heteroatoms. The Morgan fingerprint density at radius 2 is 2.25 bits per heavy atom. The van der Waals surface area contributed by atoms with Crippen molar-refractivity contribution < 1.29 is 9.47 Å². The highest BCUT2D eigenvalue weighted by Gasteiger charge is 2.16. The Kier molecular flexibility index (Phi) is 6.34. The van der Waals surface area contributed by atoms with Crippen LogP contribution in [0.4, 0.5) is 0 Å². The predicted molar refractivity (Wildman–Crippen MR) is 82.4 cm³/mol. The molecule has 1 saturated heterocycles. The largest absolute Gasteiger partial charge is 0.496 e. The molecule has 0 amide bonds. The lowest BCUT2D eigenvalue weighted by atomic mass is 9.99. The molecule has 2 atom stereocenters. The predicted octanol–water partition coefficient (Wildman–Crippen LogP) is 3.18. The molecule has 0 spiro atoms. The smallest absolute Gasteiger partial charge is 0.122 e. The van der Waals surface area contributed by atoms with Crippen LogP contribution in [0.25, 0.3) is 0 Å². The maximum Gasteiger partial charge on any atom is 0.122 e. The van der Waals surface area contributed by atoms with Crippen LogP contribution >= 0.6 is 0 Å². The molecule has 1 aliphatic rings. The van der Waals surface area contributed by atoms with Crippen LogP contribution in [0.2, 0.25) is 0 Å². The molecule has 20 heavy (non-hydrogen) atoms. The minimum atomic E-state index is 0.507. The normalized spacial score (nSPS) is 20.0. The van der Waals surface area contributed by atoms with Gasteiger partial charge in [-0.15, -0.1) is 0 Å². The summed E-state index contributed by atoms with van der Waals surface area (Å²) >= 11 is 0. The molecule has 2 unspecified atom stereocenters. The standard InChI is InChI=1S/C17H27NO2/c1-18-15(8-5-9-16-10-6-12-20-16)13-14-7-3-4-11-17(14)19-2/h3-4,7,11,15-16,18H,5-6,8-10,12-13H2,1-2H3. The van der Waals surface area contributed by atoms with Crippen molar-refractivity contribution in [1.82, 2.24) is 5.32 Å². The number of likely N-dealkylation sites (N-methyl/N-ethyl adjacent to an activating group) is 1. The molecule has 1 heterocycles. The molecule has 1 aliphatic heterocycles. The van der Waals surface area contributed by atoms with Crippen LogP contribution in [0.15, 0.2) is 24.3 Å². The first kappa shape index (κ1) is 15.3. The molecular formula is C17H27NO2. The fraction of sp³-hybridized carbons (Fsp3) is 0.647. The fourth-order valence-electron chi connectivity index (χ4n) is 2.95. The Morgan fingerprint density at radius 1 is 1.40 bits per heavy atom. The SMILES string of the molecule is CNC(CCCC1CCCO1)Cc1ccccc1OC. The van der Waals surface area contributed by atoms with Crippen molar-refractivity contribution in [1.29, 1.82) is 0 Å². The van der Waals surface area contributed by atoms with Crippen LogP contribution in [-0.2, 0) is 11.2 Å². The Bertz CT molecular complexity index is 388. The van der Waals surface area contributed by atoms with Crippen molar-refractivity contribution in [3.63, 3.8) is 0 Å². The van der Waals surface area contributed by atoms with Gasteiger partial charge in [-0.1, -0.05) is 18.2 Å². The zero-order chi connectivity index (χ0) is 14.2. The number of hydrogen-bond donors (Lipinski definition) is 1. The van der Waals surface area contributed by atoms with Gasteiger partial charge in [-0.25, -0.2) is 0 Å². The van der Waals surface area contributed by atoms with Crippen molar-refractivity contribution in [3.05, 3.63) is 29.8 Å².